The number of aryl methyl sites for hydroxylation is 3. The van der Waals surface area contributed by atoms with Gasteiger partial charge >= 0.3 is 0 Å². The fourth-order valence-electron chi connectivity index (χ4n) is 6.64. The lowest BCUT2D eigenvalue weighted by Gasteiger charge is -2.32. The van der Waals surface area contributed by atoms with E-state index in [0.717, 1.165) is 55.5 Å². The first-order valence-corrected chi connectivity index (χ1v) is 16.7. The number of carbonyl (C=O) groups is 3. The Morgan fingerprint density at radius 3 is 1.98 bits per heavy atom. The molecule has 2 N–H and O–H groups in total. The van der Waals surface area contributed by atoms with E-state index in [4.69, 9.17) is 9.47 Å². The van der Waals surface area contributed by atoms with E-state index in [2.05, 4.69) is 64.1 Å². The monoisotopic (exact) mass is 650 g/mol. The van der Waals surface area contributed by atoms with E-state index in [-0.39, 0.29) is 17.5 Å². The van der Waals surface area contributed by atoms with Crippen LogP contribution in [0.15, 0.2) is 79.1 Å². The minimum absolute atomic E-state index is 0.0273. The van der Waals surface area contributed by atoms with Crippen molar-refractivity contribution in [1.29, 1.82) is 0 Å². The molecule has 2 amide bonds. The predicted molar refractivity (Wildman–Crippen MR) is 185 cm³/mol. The number of hydrogen-bond donors (Lipinski definition) is 2. The maximum atomic E-state index is 14.1. The summed E-state index contributed by atoms with van der Waals surface area (Å²) in [6.45, 7) is 1.82. The van der Waals surface area contributed by atoms with Crippen molar-refractivity contribution in [3.8, 4) is 11.5 Å². The van der Waals surface area contributed by atoms with Crippen molar-refractivity contribution in [3.63, 3.8) is 0 Å². The lowest BCUT2D eigenvalue weighted by Crippen LogP contribution is -2.53. The number of benzene rings is 3. The lowest BCUT2D eigenvalue weighted by atomic mass is 9.83. The topological polar surface area (TPSA) is 112 Å². The molecule has 4 aromatic rings. The standard InChI is InChI=1S/C39H46N4O5/c1-26-35(47-3)21-29(22-36(26)48-4)37(44)39(46)42-32-24-34-33(40-25-43(34)2)23-31(32)38(45)41-30(19-11-17-27-13-7-5-8-14-27)20-12-18-28-15-9-6-10-16-28/h5-10,13-16,21-22,25,30-32H,11-12,17-20,23-24H2,1-4H3,(H,41,45)(H,42,46)/t31?,32-/m1/s1. The molecule has 0 saturated carbocycles. The van der Waals surface area contributed by atoms with Crippen LogP contribution in [0.25, 0.3) is 0 Å². The number of fused-ring (bicyclic) bond motifs is 1. The molecule has 1 unspecified atom stereocenters. The molecule has 1 aliphatic rings. The zero-order valence-corrected chi connectivity index (χ0v) is 28.3. The van der Waals surface area contributed by atoms with Gasteiger partial charge in [-0.2, -0.15) is 0 Å². The van der Waals surface area contributed by atoms with Gasteiger partial charge in [0.05, 0.1) is 32.2 Å². The third-order valence-electron chi connectivity index (χ3n) is 9.40. The van der Waals surface area contributed by atoms with E-state index in [1.807, 2.05) is 30.7 Å². The summed E-state index contributed by atoms with van der Waals surface area (Å²) in [5.41, 5.74) is 5.22. The Kier molecular flexibility index (Phi) is 11.7. The van der Waals surface area contributed by atoms with Crippen LogP contribution in [0.2, 0.25) is 0 Å². The summed E-state index contributed by atoms with van der Waals surface area (Å²) in [5.74, 6) is -1.32. The Hall–Kier alpha value is -4.92. The first kappa shape index (κ1) is 34.4. The molecule has 3 aromatic carbocycles. The number of methoxy groups -OCH3 is 2. The van der Waals surface area contributed by atoms with Crippen molar-refractivity contribution in [2.24, 2.45) is 13.0 Å². The van der Waals surface area contributed by atoms with Gasteiger partial charge in [-0.1, -0.05) is 60.7 Å². The van der Waals surface area contributed by atoms with Gasteiger partial charge in [0.2, 0.25) is 11.7 Å². The second-order valence-corrected chi connectivity index (χ2v) is 12.6. The number of ketones is 1. The van der Waals surface area contributed by atoms with E-state index >= 15 is 0 Å². The van der Waals surface area contributed by atoms with Crippen LogP contribution in [0.3, 0.4) is 0 Å². The molecule has 0 fully saturated rings. The fraction of sp³-hybridized carbons (Fsp3) is 0.385. The van der Waals surface area contributed by atoms with Crippen LogP contribution in [-0.4, -0.2) is 53.5 Å². The number of carbonyl (C=O) groups excluding carboxylic acids is 3. The molecule has 9 heteroatoms. The van der Waals surface area contributed by atoms with Crippen molar-refractivity contribution in [3.05, 3.63) is 113 Å². The lowest BCUT2D eigenvalue weighted by molar-refractivity contribution is -0.127. The number of amides is 2. The summed E-state index contributed by atoms with van der Waals surface area (Å²) in [6, 6.07) is 23.2. The molecule has 9 nitrogen and oxygen atoms in total. The van der Waals surface area contributed by atoms with E-state index in [1.165, 1.54) is 25.3 Å². The summed E-state index contributed by atoms with van der Waals surface area (Å²) >= 11 is 0. The summed E-state index contributed by atoms with van der Waals surface area (Å²) in [4.78, 5) is 45.6. The van der Waals surface area contributed by atoms with E-state index in [0.29, 0.717) is 24.3 Å². The molecule has 5 rings (SSSR count). The van der Waals surface area contributed by atoms with Crippen LogP contribution in [0, 0.1) is 12.8 Å². The van der Waals surface area contributed by atoms with Gasteiger partial charge in [0.1, 0.15) is 11.5 Å². The van der Waals surface area contributed by atoms with Gasteiger partial charge in [-0.3, -0.25) is 14.4 Å². The molecule has 0 radical (unpaired) electrons. The van der Waals surface area contributed by atoms with Gasteiger partial charge in [0, 0.05) is 48.8 Å². The van der Waals surface area contributed by atoms with Gasteiger partial charge in [0.25, 0.3) is 5.91 Å². The summed E-state index contributed by atoms with van der Waals surface area (Å²) in [5, 5.41) is 6.28. The Morgan fingerprint density at radius 2 is 1.44 bits per heavy atom. The van der Waals surface area contributed by atoms with Crippen molar-refractivity contribution in [2.75, 3.05) is 14.2 Å². The van der Waals surface area contributed by atoms with Gasteiger partial charge < -0.3 is 24.7 Å². The second-order valence-electron chi connectivity index (χ2n) is 12.6. The maximum Gasteiger partial charge on any atom is 0.292 e. The van der Waals surface area contributed by atoms with Crippen molar-refractivity contribution in [1.82, 2.24) is 20.2 Å². The molecule has 1 aliphatic carbocycles. The zero-order chi connectivity index (χ0) is 34.0. The third kappa shape index (κ3) is 8.51. The molecule has 1 aromatic heterocycles. The second kappa shape index (κ2) is 16.3. The number of ether oxygens (including phenoxy) is 2. The highest BCUT2D eigenvalue weighted by molar-refractivity contribution is 6.43. The number of imidazole rings is 1. The SMILES string of the molecule is COc1cc(C(=O)C(=O)N[C@@H]2Cc3c(ncn3C)CC2C(=O)NC(CCCc2ccccc2)CCCc2ccccc2)cc(OC)c1C. The van der Waals surface area contributed by atoms with Gasteiger partial charge in [0.15, 0.2) is 0 Å². The highest BCUT2D eigenvalue weighted by Crippen LogP contribution is 2.30. The molecule has 1 heterocycles. The minimum atomic E-state index is -0.779. The molecule has 48 heavy (non-hydrogen) atoms. The molecule has 2 atom stereocenters. The Bertz CT molecular complexity index is 1630. The Labute approximate surface area is 283 Å². The van der Waals surface area contributed by atoms with Gasteiger partial charge in [-0.15, -0.1) is 0 Å². The predicted octanol–water partition coefficient (Wildman–Crippen LogP) is 5.36. The van der Waals surface area contributed by atoms with Crippen molar-refractivity contribution < 1.29 is 23.9 Å². The highest BCUT2D eigenvalue weighted by atomic mass is 16.5. The molecular weight excluding hydrogens is 604 g/mol. The van der Waals surface area contributed by atoms with Crippen molar-refractivity contribution in [2.45, 2.75) is 70.4 Å². The van der Waals surface area contributed by atoms with Crippen LogP contribution < -0.4 is 20.1 Å². The van der Waals surface area contributed by atoms with Crippen LogP contribution in [0.5, 0.6) is 11.5 Å². The molecule has 0 spiro atoms. The molecule has 0 bridgehead atoms. The quantitative estimate of drug-likeness (QED) is 0.132. The molecule has 0 aliphatic heterocycles. The van der Waals surface area contributed by atoms with E-state index in [9.17, 15) is 14.4 Å². The third-order valence-corrected chi connectivity index (χ3v) is 9.40. The van der Waals surface area contributed by atoms with Gasteiger partial charge in [-0.25, -0.2) is 4.98 Å². The summed E-state index contributed by atoms with van der Waals surface area (Å²) in [7, 11) is 4.91. The number of hydrogen-bond acceptors (Lipinski definition) is 6. The first-order chi connectivity index (χ1) is 23.3. The number of nitrogens with one attached hydrogen (secondary N) is 2. The van der Waals surface area contributed by atoms with E-state index in [1.54, 1.807) is 18.5 Å². The summed E-state index contributed by atoms with van der Waals surface area (Å²) in [6.07, 6.45) is 7.90. The number of aromatic nitrogens is 2. The molecule has 252 valence electrons. The number of Topliss-reactive ketones (excluding diaryl/α,β-unsaturated/α-hetero) is 1. The van der Waals surface area contributed by atoms with Crippen LogP contribution in [-0.2, 0) is 42.3 Å². The summed E-state index contributed by atoms with van der Waals surface area (Å²) < 4.78 is 12.7. The largest absolute Gasteiger partial charge is 0.496 e. The first-order valence-electron chi connectivity index (χ1n) is 16.7. The average Bonchev–Trinajstić information content (AvgIpc) is 3.47. The van der Waals surface area contributed by atoms with Crippen molar-refractivity contribution >= 4 is 17.6 Å². The number of rotatable bonds is 15. The molecular formula is C39H46N4O5. The highest BCUT2D eigenvalue weighted by Gasteiger charge is 2.38. The molecule has 0 saturated heterocycles. The minimum Gasteiger partial charge on any atom is -0.496 e. The number of nitrogens with zero attached hydrogens (tertiary/aromatic N) is 2. The van der Waals surface area contributed by atoms with Gasteiger partial charge in [-0.05, 0) is 68.7 Å². The average molecular weight is 651 g/mol. The van der Waals surface area contributed by atoms with E-state index < -0.39 is 23.7 Å². The zero-order valence-electron chi connectivity index (χ0n) is 28.3. The smallest absolute Gasteiger partial charge is 0.292 e. The fourth-order valence-corrected chi connectivity index (χ4v) is 6.64. The van der Waals surface area contributed by atoms with Crippen LogP contribution >= 0.6 is 0 Å². The van der Waals surface area contributed by atoms with Crippen LogP contribution in [0.1, 0.15) is 64.1 Å². The maximum absolute atomic E-state index is 14.1. The van der Waals surface area contributed by atoms with Crippen LogP contribution in [0.4, 0.5) is 0 Å². The Morgan fingerprint density at radius 1 is 0.875 bits per heavy atom. The normalized spacial score (nSPS) is 15.4. The Balaban J connectivity index is 1.31.